The van der Waals surface area contributed by atoms with Crippen molar-refractivity contribution in [3.63, 3.8) is 0 Å². The first kappa shape index (κ1) is 29.0. The van der Waals surface area contributed by atoms with Gasteiger partial charge in [0.2, 0.25) is 21.8 Å². The summed E-state index contributed by atoms with van der Waals surface area (Å²) in [5.74, 6) is -0.0499. The number of anilines is 1. The van der Waals surface area contributed by atoms with Crippen molar-refractivity contribution in [1.82, 2.24) is 10.2 Å². The van der Waals surface area contributed by atoms with Crippen molar-refractivity contribution >= 4 is 27.5 Å². The van der Waals surface area contributed by atoms with Crippen molar-refractivity contribution < 1.29 is 27.5 Å². The lowest BCUT2D eigenvalue weighted by Gasteiger charge is -2.34. The summed E-state index contributed by atoms with van der Waals surface area (Å²) in [4.78, 5) is 28.3. The largest absolute Gasteiger partial charge is 0.493 e. The molecule has 0 saturated carbocycles. The molecule has 9 nitrogen and oxygen atoms in total. The standard InChI is InChI=1S/C26H37N3O6S/c1-8-21(25(31)27-26(2,3)4)28(17-19-12-10-9-11-13-19)24(30)18-29(36(7,32)33)20-14-15-22(34-5)23(16-20)35-6/h9-16,21H,8,17-18H2,1-7H3,(H,27,31)/t21-/m1/s1. The molecule has 0 radical (unpaired) electrons. The van der Waals surface area contributed by atoms with E-state index in [9.17, 15) is 18.0 Å². The molecule has 0 saturated heterocycles. The fourth-order valence-electron chi connectivity index (χ4n) is 3.75. The molecule has 0 heterocycles. The third kappa shape index (κ3) is 7.87. The van der Waals surface area contributed by atoms with E-state index in [1.165, 1.54) is 25.2 Å². The predicted molar refractivity (Wildman–Crippen MR) is 141 cm³/mol. The number of carbonyl (C=O) groups excluding carboxylic acids is 2. The number of hydrogen-bond donors (Lipinski definition) is 1. The molecule has 2 amide bonds. The van der Waals surface area contributed by atoms with Crippen molar-refractivity contribution in [2.24, 2.45) is 0 Å². The Morgan fingerprint density at radius 2 is 1.61 bits per heavy atom. The van der Waals surface area contributed by atoms with Gasteiger partial charge in [0.05, 0.1) is 26.2 Å². The maximum absolute atomic E-state index is 13.7. The highest BCUT2D eigenvalue weighted by Gasteiger charge is 2.33. The van der Waals surface area contributed by atoms with Gasteiger partial charge in [0, 0.05) is 18.2 Å². The van der Waals surface area contributed by atoms with Crippen LogP contribution < -0.4 is 19.1 Å². The molecule has 0 aliphatic rings. The molecule has 0 aliphatic heterocycles. The number of benzene rings is 2. The molecule has 36 heavy (non-hydrogen) atoms. The Bertz CT molecular complexity index is 1150. The van der Waals surface area contributed by atoms with Crippen LogP contribution in [-0.2, 0) is 26.2 Å². The van der Waals surface area contributed by atoms with Gasteiger partial charge in [0.15, 0.2) is 11.5 Å². The van der Waals surface area contributed by atoms with E-state index >= 15 is 0 Å². The minimum absolute atomic E-state index is 0.152. The van der Waals surface area contributed by atoms with Gasteiger partial charge in [-0.25, -0.2) is 8.42 Å². The number of amides is 2. The van der Waals surface area contributed by atoms with Gasteiger partial charge in [-0.1, -0.05) is 37.3 Å². The van der Waals surface area contributed by atoms with Gasteiger partial charge in [0.1, 0.15) is 12.6 Å². The number of rotatable bonds is 11. The molecule has 0 spiro atoms. The van der Waals surface area contributed by atoms with Gasteiger partial charge >= 0.3 is 0 Å². The zero-order valence-electron chi connectivity index (χ0n) is 22.1. The van der Waals surface area contributed by atoms with Gasteiger partial charge in [-0.2, -0.15) is 0 Å². The lowest BCUT2D eigenvalue weighted by molar-refractivity contribution is -0.141. The molecule has 2 aromatic rings. The Morgan fingerprint density at radius 1 is 1.00 bits per heavy atom. The van der Waals surface area contributed by atoms with Crippen molar-refractivity contribution in [3.8, 4) is 11.5 Å². The fourth-order valence-corrected chi connectivity index (χ4v) is 4.59. The minimum Gasteiger partial charge on any atom is -0.493 e. The summed E-state index contributed by atoms with van der Waals surface area (Å²) in [6.07, 6.45) is 1.39. The Morgan fingerprint density at radius 3 is 2.11 bits per heavy atom. The molecule has 10 heteroatoms. The number of hydrogen-bond acceptors (Lipinski definition) is 6. The molecule has 0 bridgehead atoms. The molecular weight excluding hydrogens is 482 g/mol. The fraction of sp³-hybridized carbons (Fsp3) is 0.462. The van der Waals surface area contributed by atoms with Crippen LogP contribution >= 0.6 is 0 Å². The highest BCUT2D eigenvalue weighted by molar-refractivity contribution is 7.92. The Balaban J connectivity index is 2.48. The van der Waals surface area contributed by atoms with Crippen molar-refractivity contribution in [1.29, 1.82) is 0 Å². The van der Waals surface area contributed by atoms with Crippen LogP contribution in [0.2, 0.25) is 0 Å². The van der Waals surface area contributed by atoms with Crippen LogP contribution in [0.1, 0.15) is 39.7 Å². The van der Waals surface area contributed by atoms with E-state index in [1.54, 1.807) is 12.1 Å². The van der Waals surface area contributed by atoms with Gasteiger partial charge in [-0.05, 0) is 44.9 Å². The van der Waals surface area contributed by atoms with Crippen LogP contribution in [0.4, 0.5) is 5.69 Å². The first-order valence-corrected chi connectivity index (χ1v) is 13.5. The van der Waals surface area contributed by atoms with E-state index in [-0.39, 0.29) is 18.1 Å². The zero-order valence-corrected chi connectivity index (χ0v) is 22.9. The summed E-state index contributed by atoms with van der Waals surface area (Å²) < 4.78 is 37.1. The molecular formula is C26H37N3O6S. The van der Waals surface area contributed by atoms with E-state index in [0.717, 1.165) is 16.1 Å². The first-order valence-electron chi connectivity index (χ1n) is 11.7. The van der Waals surface area contributed by atoms with Crippen LogP contribution in [0, 0.1) is 0 Å². The summed E-state index contributed by atoms with van der Waals surface area (Å²) in [5, 5.41) is 2.94. The average Bonchev–Trinajstić information content (AvgIpc) is 2.80. The number of nitrogens with zero attached hydrogens (tertiary/aromatic N) is 2. The first-order chi connectivity index (χ1) is 16.8. The third-order valence-corrected chi connectivity index (χ3v) is 6.55. The van der Waals surface area contributed by atoms with E-state index in [2.05, 4.69) is 5.32 Å². The normalized spacial score (nSPS) is 12.4. The third-order valence-electron chi connectivity index (χ3n) is 5.41. The van der Waals surface area contributed by atoms with Crippen molar-refractivity contribution in [2.45, 2.75) is 52.2 Å². The molecule has 1 atom stereocenters. The SMILES string of the molecule is CC[C@H](C(=O)NC(C)(C)C)N(Cc1ccccc1)C(=O)CN(c1ccc(OC)c(OC)c1)S(C)(=O)=O. The molecule has 198 valence electrons. The van der Waals surface area contributed by atoms with Crippen LogP contribution in [0.25, 0.3) is 0 Å². The molecule has 2 aromatic carbocycles. The van der Waals surface area contributed by atoms with Gasteiger partial charge < -0.3 is 19.7 Å². The molecule has 1 N–H and O–H groups in total. The maximum Gasteiger partial charge on any atom is 0.244 e. The zero-order chi connectivity index (χ0) is 27.1. The predicted octanol–water partition coefficient (Wildman–Crippen LogP) is 3.19. The van der Waals surface area contributed by atoms with Gasteiger partial charge in [0.25, 0.3) is 0 Å². The van der Waals surface area contributed by atoms with Gasteiger partial charge in [-0.3, -0.25) is 13.9 Å². The molecule has 0 fully saturated rings. The molecule has 0 aliphatic carbocycles. The summed E-state index contributed by atoms with van der Waals surface area (Å²) in [6.45, 7) is 7.08. The van der Waals surface area contributed by atoms with E-state index in [4.69, 9.17) is 9.47 Å². The van der Waals surface area contributed by atoms with E-state index < -0.39 is 34.1 Å². The quantitative estimate of drug-likeness (QED) is 0.489. The van der Waals surface area contributed by atoms with Crippen LogP contribution in [0.15, 0.2) is 48.5 Å². The number of ether oxygens (including phenoxy) is 2. The lowest BCUT2D eigenvalue weighted by Crippen LogP contribution is -2.55. The number of sulfonamides is 1. The lowest BCUT2D eigenvalue weighted by atomic mass is 10.1. The Labute approximate surface area is 214 Å². The number of methoxy groups -OCH3 is 2. The second kappa shape index (κ2) is 12.1. The highest BCUT2D eigenvalue weighted by atomic mass is 32.2. The highest BCUT2D eigenvalue weighted by Crippen LogP contribution is 2.32. The second-order valence-electron chi connectivity index (χ2n) is 9.48. The van der Waals surface area contributed by atoms with Crippen molar-refractivity contribution in [2.75, 3.05) is 31.3 Å². The second-order valence-corrected chi connectivity index (χ2v) is 11.4. The molecule has 0 unspecified atom stereocenters. The summed E-state index contributed by atoms with van der Waals surface area (Å²) in [6, 6.07) is 13.1. The monoisotopic (exact) mass is 519 g/mol. The van der Waals surface area contributed by atoms with E-state index in [0.29, 0.717) is 17.9 Å². The summed E-state index contributed by atoms with van der Waals surface area (Å²) >= 11 is 0. The Kier molecular flexibility index (Phi) is 9.75. The number of nitrogens with one attached hydrogen (secondary N) is 1. The average molecular weight is 520 g/mol. The maximum atomic E-state index is 13.7. The van der Waals surface area contributed by atoms with Crippen LogP contribution in [-0.4, -0.2) is 63.7 Å². The molecule has 2 rings (SSSR count). The van der Waals surface area contributed by atoms with Crippen molar-refractivity contribution in [3.05, 3.63) is 54.1 Å². The minimum atomic E-state index is -3.86. The van der Waals surface area contributed by atoms with E-state index in [1.807, 2.05) is 58.0 Å². The Hall–Kier alpha value is -3.27. The number of carbonyl (C=O) groups is 2. The summed E-state index contributed by atoms with van der Waals surface area (Å²) in [5.41, 5.74) is 0.574. The van der Waals surface area contributed by atoms with Gasteiger partial charge in [-0.15, -0.1) is 0 Å². The topological polar surface area (TPSA) is 105 Å². The molecule has 0 aromatic heterocycles. The smallest absolute Gasteiger partial charge is 0.244 e. The van der Waals surface area contributed by atoms with Crippen LogP contribution in [0.5, 0.6) is 11.5 Å². The summed E-state index contributed by atoms with van der Waals surface area (Å²) in [7, 11) is -0.937. The van der Waals surface area contributed by atoms with Crippen LogP contribution in [0.3, 0.4) is 0 Å².